The molecular formula is C25H34N4O3. The molecule has 2 saturated heterocycles. The highest BCUT2D eigenvalue weighted by molar-refractivity contribution is 5.96. The number of nitrogens with zero attached hydrogens (tertiary/aromatic N) is 4. The Morgan fingerprint density at radius 1 is 1.06 bits per heavy atom. The molecule has 3 heterocycles. The van der Waals surface area contributed by atoms with Gasteiger partial charge in [-0.1, -0.05) is 18.2 Å². The second kappa shape index (κ2) is 9.35. The summed E-state index contributed by atoms with van der Waals surface area (Å²) in [5.74, 6) is 2.21. The van der Waals surface area contributed by atoms with E-state index in [4.69, 9.17) is 4.74 Å². The van der Waals surface area contributed by atoms with Crippen LogP contribution in [-0.2, 0) is 11.8 Å². The third-order valence-electron chi connectivity index (χ3n) is 7.30. The van der Waals surface area contributed by atoms with E-state index in [-0.39, 0.29) is 17.7 Å². The van der Waals surface area contributed by atoms with Crippen LogP contribution in [0.5, 0.6) is 5.75 Å². The van der Waals surface area contributed by atoms with E-state index < -0.39 is 0 Å². The molecule has 0 bridgehead atoms. The smallest absolute Gasteiger partial charge is 0.257 e. The van der Waals surface area contributed by atoms with E-state index in [1.807, 2.05) is 61.0 Å². The molecule has 2 aromatic rings. The van der Waals surface area contributed by atoms with Gasteiger partial charge >= 0.3 is 0 Å². The molecule has 2 aliphatic heterocycles. The van der Waals surface area contributed by atoms with E-state index in [1.165, 1.54) is 0 Å². The number of benzene rings is 1. The Kier molecular flexibility index (Phi) is 6.53. The lowest BCUT2D eigenvalue weighted by Crippen LogP contribution is -2.40. The van der Waals surface area contributed by atoms with Crippen molar-refractivity contribution in [3.63, 3.8) is 0 Å². The second-order valence-electron chi connectivity index (χ2n) is 9.27. The lowest BCUT2D eigenvalue weighted by atomic mass is 9.78. The molecule has 172 valence electrons. The third kappa shape index (κ3) is 4.52. The van der Waals surface area contributed by atoms with Crippen LogP contribution in [0, 0.1) is 31.6 Å². The number of para-hydroxylation sites is 1. The predicted octanol–water partition coefficient (Wildman–Crippen LogP) is 3.06. The Bertz CT molecular complexity index is 963. The van der Waals surface area contributed by atoms with Gasteiger partial charge in [0, 0.05) is 51.8 Å². The van der Waals surface area contributed by atoms with Gasteiger partial charge in [0.15, 0.2) is 0 Å². The van der Waals surface area contributed by atoms with E-state index >= 15 is 0 Å². The summed E-state index contributed by atoms with van der Waals surface area (Å²) in [6.45, 7) is 9.13. The fourth-order valence-electron chi connectivity index (χ4n) is 5.38. The van der Waals surface area contributed by atoms with Gasteiger partial charge in [0.2, 0.25) is 5.91 Å². The zero-order valence-corrected chi connectivity index (χ0v) is 19.6. The number of carbonyl (C=O) groups is 2. The highest BCUT2D eigenvalue weighted by atomic mass is 16.5. The summed E-state index contributed by atoms with van der Waals surface area (Å²) < 4.78 is 7.92. The van der Waals surface area contributed by atoms with Gasteiger partial charge in [-0.05, 0) is 50.7 Å². The first-order valence-corrected chi connectivity index (χ1v) is 11.6. The average molecular weight is 439 g/mol. The van der Waals surface area contributed by atoms with Gasteiger partial charge in [-0.3, -0.25) is 14.3 Å². The number of amides is 2. The maximum atomic E-state index is 13.5. The van der Waals surface area contributed by atoms with Crippen molar-refractivity contribution in [2.45, 2.75) is 33.6 Å². The fourth-order valence-corrected chi connectivity index (χ4v) is 5.38. The van der Waals surface area contributed by atoms with Crippen molar-refractivity contribution in [3.8, 4) is 5.75 Å². The summed E-state index contributed by atoms with van der Waals surface area (Å²) in [7, 11) is 1.88. The molecule has 7 heteroatoms. The van der Waals surface area contributed by atoms with Gasteiger partial charge < -0.3 is 14.5 Å². The van der Waals surface area contributed by atoms with Crippen molar-refractivity contribution in [1.29, 1.82) is 0 Å². The quantitative estimate of drug-likeness (QED) is 0.720. The number of hydrogen-bond donors (Lipinski definition) is 0. The van der Waals surface area contributed by atoms with E-state index in [2.05, 4.69) is 5.10 Å². The molecule has 0 unspecified atom stereocenters. The molecule has 1 aromatic heterocycles. The van der Waals surface area contributed by atoms with Crippen LogP contribution < -0.4 is 4.74 Å². The summed E-state index contributed by atoms with van der Waals surface area (Å²) in [5.41, 5.74) is 2.41. The maximum absolute atomic E-state index is 13.5. The summed E-state index contributed by atoms with van der Waals surface area (Å²) in [5, 5.41) is 4.44. The molecule has 0 radical (unpaired) electrons. The van der Waals surface area contributed by atoms with Gasteiger partial charge in [0.1, 0.15) is 5.75 Å². The molecule has 0 N–H and O–H groups in total. The monoisotopic (exact) mass is 438 g/mol. The lowest BCUT2D eigenvalue weighted by Gasteiger charge is -2.36. The number of piperidine rings is 1. The number of likely N-dealkylation sites (tertiary alicyclic amines) is 2. The molecule has 4 rings (SSSR count). The van der Waals surface area contributed by atoms with E-state index in [0.29, 0.717) is 25.0 Å². The van der Waals surface area contributed by atoms with Gasteiger partial charge in [-0.2, -0.15) is 5.10 Å². The van der Waals surface area contributed by atoms with Crippen molar-refractivity contribution in [1.82, 2.24) is 19.6 Å². The van der Waals surface area contributed by atoms with Gasteiger partial charge in [-0.25, -0.2) is 0 Å². The Morgan fingerprint density at radius 2 is 1.75 bits per heavy atom. The van der Waals surface area contributed by atoms with Crippen molar-refractivity contribution in [2.24, 2.45) is 24.8 Å². The molecule has 0 spiro atoms. The third-order valence-corrected chi connectivity index (χ3v) is 7.30. The molecule has 1 aromatic carbocycles. The van der Waals surface area contributed by atoms with E-state index in [9.17, 15) is 9.59 Å². The molecule has 7 nitrogen and oxygen atoms in total. The normalized spacial score (nSPS) is 21.8. The van der Waals surface area contributed by atoms with Crippen LogP contribution in [0.1, 0.15) is 41.5 Å². The second-order valence-corrected chi connectivity index (χ2v) is 9.27. The van der Waals surface area contributed by atoms with Crippen LogP contribution in [-0.4, -0.2) is 64.2 Å². The number of hydrogen-bond acceptors (Lipinski definition) is 4. The van der Waals surface area contributed by atoms with Crippen molar-refractivity contribution < 1.29 is 14.3 Å². The van der Waals surface area contributed by atoms with Crippen LogP contribution in [0.25, 0.3) is 0 Å². The zero-order chi connectivity index (χ0) is 22.8. The molecule has 2 aliphatic rings. The Balaban J connectivity index is 1.50. The first-order valence-electron chi connectivity index (χ1n) is 11.6. The van der Waals surface area contributed by atoms with Crippen LogP contribution in [0.15, 0.2) is 30.3 Å². The minimum absolute atomic E-state index is 0.0708. The maximum Gasteiger partial charge on any atom is 0.257 e. The number of rotatable bonds is 5. The standard InChI is InChI=1S/C25H34N4O3/c1-17-24(18(2)27(4)26-17)25(31)29-14-21(16-32-22-8-6-5-7-9-22)23(15-29)20-10-12-28(13-11-20)19(3)30/h5-9,20-21,23H,10-16H2,1-4H3/t21-,23-/m0/s1. The summed E-state index contributed by atoms with van der Waals surface area (Å²) >= 11 is 0. The minimum atomic E-state index is 0.0708. The van der Waals surface area contributed by atoms with Crippen LogP contribution in [0.2, 0.25) is 0 Å². The SMILES string of the molecule is CC(=O)N1CCC([C@@H]2CN(C(=O)c3c(C)nn(C)c3C)C[C@H]2COc2ccccc2)CC1. The largest absolute Gasteiger partial charge is 0.493 e. The van der Waals surface area contributed by atoms with Gasteiger partial charge in [0.05, 0.1) is 17.9 Å². The Labute approximate surface area is 190 Å². The first-order chi connectivity index (χ1) is 15.3. The number of aryl methyl sites for hydroxylation is 2. The molecular weight excluding hydrogens is 404 g/mol. The Morgan fingerprint density at radius 3 is 2.34 bits per heavy atom. The fraction of sp³-hybridized carbons (Fsp3) is 0.560. The van der Waals surface area contributed by atoms with Crippen LogP contribution >= 0.6 is 0 Å². The predicted molar refractivity (Wildman–Crippen MR) is 122 cm³/mol. The van der Waals surface area contributed by atoms with E-state index in [0.717, 1.165) is 55.2 Å². The average Bonchev–Trinajstić information content (AvgIpc) is 3.33. The summed E-state index contributed by atoms with van der Waals surface area (Å²) in [4.78, 5) is 29.2. The molecule has 32 heavy (non-hydrogen) atoms. The van der Waals surface area contributed by atoms with Crippen LogP contribution in [0.3, 0.4) is 0 Å². The van der Waals surface area contributed by atoms with E-state index in [1.54, 1.807) is 11.6 Å². The molecule has 0 saturated carbocycles. The van der Waals surface area contributed by atoms with Gasteiger partial charge in [-0.15, -0.1) is 0 Å². The van der Waals surface area contributed by atoms with Crippen molar-refractivity contribution in [2.75, 3.05) is 32.8 Å². The lowest BCUT2D eigenvalue weighted by molar-refractivity contribution is -0.130. The summed E-state index contributed by atoms with van der Waals surface area (Å²) in [6.07, 6.45) is 1.97. The minimum Gasteiger partial charge on any atom is -0.493 e. The highest BCUT2D eigenvalue weighted by Crippen LogP contribution is 2.37. The van der Waals surface area contributed by atoms with Gasteiger partial charge in [0.25, 0.3) is 5.91 Å². The molecule has 2 fully saturated rings. The number of aromatic nitrogens is 2. The number of ether oxygens (including phenoxy) is 1. The first kappa shape index (κ1) is 22.4. The highest BCUT2D eigenvalue weighted by Gasteiger charge is 2.42. The van der Waals surface area contributed by atoms with Crippen LogP contribution in [0.4, 0.5) is 0 Å². The molecule has 0 aliphatic carbocycles. The zero-order valence-electron chi connectivity index (χ0n) is 19.6. The number of carbonyl (C=O) groups excluding carboxylic acids is 2. The molecule has 2 amide bonds. The van der Waals surface area contributed by atoms with Crippen molar-refractivity contribution >= 4 is 11.8 Å². The topological polar surface area (TPSA) is 67.7 Å². The Hall–Kier alpha value is -2.83. The molecule has 2 atom stereocenters. The van der Waals surface area contributed by atoms with Crippen molar-refractivity contribution in [3.05, 3.63) is 47.3 Å². The summed E-state index contributed by atoms with van der Waals surface area (Å²) in [6, 6.07) is 9.87.